The first-order chi connectivity index (χ1) is 13.8. The molecule has 2 aliphatic rings. The molecule has 0 amide bonds. The predicted molar refractivity (Wildman–Crippen MR) is 126 cm³/mol. The van der Waals surface area contributed by atoms with Gasteiger partial charge < -0.3 is 10.1 Å². The Hall–Kier alpha value is -1.59. The molecule has 2 heterocycles. The maximum absolute atomic E-state index is 12.8. The van der Waals surface area contributed by atoms with Crippen molar-refractivity contribution in [3.63, 3.8) is 0 Å². The number of hydrogen-bond acceptors (Lipinski definition) is 4. The highest BCUT2D eigenvalue weighted by molar-refractivity contribution is 5.96. The van der Waals surface area contributed by atoms with Crippen molar-refractivity contribution in [3.8, 4) is 5.75 Å². The topological polar surface area (TPSA) is 41.6 Å². The number of carbonyl (C=O) groups is 1. The van der Waals surface area contributed by atoms with Gasteiger partial charge in [0.25, 0.3) is 0 Å². The van der Waals surface area contributed by atoms with Gasteiger partial charge in [-0.2, -0.15) is 0 Å². The van der Waals surface area contributed by atoms with Gasteiger partial charge in [0.15, 0.2) is 5.78 Å². The molecule has 2 aromatic carbocycles. The third-order valence-corrected chi connectivity index (χ3v) is 5.93. The SMILES string of the molecule is Cl.Cl.O=C(CCC1CCNCC1)c1ccc2c(c1)CN(Cc1ccccc1)CCO2. The second kappa shape index (κ2) is 12.3. The van der Waals surface area contributed by atoms with Gasteiger partial charge in [0.2, 0.25) is 0 Å². The number of benzene rings is 2. The van der Waals surface area contributed by atoms with Gasteiger partial charge >= 0.3 is 0 Å². The molecule has 0 aromatic heterocycles. The minimum Gasteiger partial charge on any atom is -0.492 e. The van der Waals surface area contributed by atoms with Crippen LogP contribution in [0, 0.1) is 5.92 Å². The van der Waals surface area contributed by atoms with Crippen LogP contribution in [0.25, 0.3) is 0 Å². The molecule has 0 radical (unpaired) electrons. The highest BCUT2D eigenvalue weighted by Gasteiger charge is 2.19. The van der Waals surface area contributed by atoms with Crippen LogP contribution >= 0.6 is 24.8 Å². The number of hydrogen-bond donors (Lipinski definition) is 1. The molecule has 1 saturated heterocycles. The van der Waals surface area contributed by atoms with Gasteiger partial charge in [-0.05, 0) is 62.0 Å². The molecule has 0 aliphatic carbocycles. The smallest absolute Gasteiger partial charge is 0.162 e. The molecule has 0 unspecified atom stereocenters. The third-order valence-electron chi connectivity index (χ3n) is 5.93. The molecule has 4 rings (SSSR count). The third kappa shape index (κ3) is 6.71. The van der Waals surface area contributed by atoms with Gasteiger partial charge in [-0.1, -0.05) is 30.3 Å². The lowest BCUT2D eigenvalue weighted by Gasteiger charge is -2.22. The molecule has 4 nitrogen and oxygen atoms in total. The molecule has 30 heavy (non-hydrogen) atoms. The zero-order valence-electron chi connectivity index (χ0n) is 17.3. The van der Waals surface area contributed by atoms with Gasteiger partial charge in [-0.3, -0.25) is 9.69 Å². The summed E-state index contributed by atoms with van der Waals surface area (Å²) in [6.45, 7) is 5.47. The number of nitrogens with zero attached hydrogens (tertiary/aromatic N) is 1. The first kappa shape index (κ1) is 24.7. The number of nitrogens with one attached hydrogen (secondary N) is 1. The van der Waals surface area contributed by atoms with E-state index in [4.69, 9.17) is 4.74 Å². The van der Waals surface area contributed by atoms with Crippen LogP contribution in [0.3, 0.4) is 0 Å². The Morgan fingerprint density at radius 1 is 1.07 bits per heavy atom. The summed E-state index contributed by atoms with van der Waals surface area (Å²) in [5, 5.41) is 3.39. The zero-order chi connectivity index (χ0) is 19.2. The standard InChI is InChI=1S/C24H30N2O2.2ClH/c27-23(8-6-19-10-12-25-13-11-19)21-7-9-24-22(16-21)18-26(14-15-28-24)17-20-4-2-1-3-5-20;;/h1-5,7,9,16,19,25H,6,8,10-15,17-18H2;2*1H. The summed E-state index contributed by atoms with van der Waals surface area (Å²) in [6.07, 6.45) is 4.05. The quantitative estimate of drug-likeness (QED) is 0.636. The lowest BCUT2D eigenvalue weighted by molar-refractivity contribution is 0.0970. The van der Waals surface area contributed by atoms with Crippen molar-refractivity contribution in [1.29, 1.82) is 0 Å². The second-order valence-corrected chi connectivity index (χ2v) is 8.02. The number of carbonyl (C=O) groups excluding carboxylic acids is 1. The highest BCUT2D eigenvalue weighted by atomic mass is 35.5. The first-order valence-corrected chi connectivity index (χ1v) is 10.5. The zero-order valence-corrected chi connectivity index (χ0v) is 19.0. The van der Waals surface area contributed by atoms with Crippen LogP contribution in [0.4, 0.5) is 0 Å². The Balaban J connectivity index is 0.00000160. The largest absolute Gasteiger partial charge is 0.492 e. The molecular weight excluding hydrogens is 419 g/mol. The number of halogens is 2. The summed E-state index contributed by atoms with van der Waals surface area (Å²) in [4.78, 5) is 15.2. The van der Waals surface area contributed by atoms with Gasteiger partial charge in [0, 0.05) is 37.2 Å². The maximum atomic E-state index is 12.8. The number of Topliss-reactive ketones (excluding diaryl/α,β-unsaturated/α-hetero) is 1. The molecule has 0 atom stereocenters. The van der Waals surface area contributed by atoms with Crippen molar-refractivity contribution in [2.24, 2.45) is 5.92 Å². The predicted octanol–water partition coefficient (Wildman–Crippen LogP) is 4.89. The van der Waals surface area contributed by atoms with Crippen molar-refractivity contribution in [2.75, 3.05) is 26.2 Å². The summed E-state index contributed by atoms with van der Waals surface area (Å²) in [6, 6.07) is 16.5. The summed E-state index contributed by atoms with van der Waals surface area (Å²) >= 11 is 0. The van der Waals surface area contributed by atoms with Crippen molar-refractivity contribution >= 4 is 30.6 Å². The van der Waals surface area contributed by atoms with E-state index in [1.165, 1.54) is 18.4 Å². The average molecular weight is 451 g/mol. The molecule has 1 fully saturated rings. The number of fused-ring (bicyclic) bond motifs is 1. The van der Waals surface area contributed by atoms with Gasteiger partial charge in [-0.25, -0.2) is 0 Å². The Bertz CT molecular complexity index is 795. The summed E-state index contributed by atoms with van der Waals surface area (Å²) in [7, 11) is 0. The van der Waals surface area contributed by atoms with E-state index in [2.05, 4.69) is 40.5 Å². The maximum Gasteiger partial charge on any atom is 0.162 e. The van der Waals surface area contributed by atoms with Gasteiger partial charge in [0.1, 0.15) is 12.4 Å². The summed E-state index contributed by atoms with van der Waals surface area (Å²) in [5.74, 6) is 1.88. The number of rotatable bonds is 6. The highest BCUT2D eigenvalue weighted by Crippen LogP contribution is 2.27. The lowest BCUT2D eigenvalue weighted by Crippen LogP contribution is -2.28. The molecule has 1 N–H and O–H groups in total. The monoisotopic (exact) mass is 450 g/mol. The fourth-order valence-corrected chi connectivity index (χ4v) is 4.25. The van der Waals surface area contributed by atoms with Crippen LogP contribution in [-0.4, -0.2) is 36.9 Å². The number of ether oxygens (including phenoxy) is 1. The van der Waals surface area contributed by atoms with Crippen LogP contribution < -0.4 is 10.1 Å². The van der Waals surface area contributed by atoms with Crippen LogP contribution in [0.15, 0.2) is 48.5 Å². The van der Waals surface area contributed by atoms with Crippen molar-refractivity contribution in [2.45, 2.75) is 38.8 Å². The van der Waals surface area contributed by atoms with E-state index in [9.17, 15) is 4.79 Å². The van der Waals surface area contributed by atoms with E-state index in [-0.39, 0.29) is 30.6 Å². The minimum absolute atomic E-state index is 0. The van der Waals surface area contributed by atoms with E-state index >= 15 is 0 Å². The van der Waals surface area contributed by atoms with E-state index in [1.807, 2.05) is 18.2 Å². The Morgan fingerprint density at radius 2 is 1.83 bits per heavy atom. The van der Waals surface area contributed by atoms with E-state index in [0.29, 0.717) is 18.9 Å². The second-order valence-electron chi connectivity index (χ2n) is 8.02. The lowest BCUT2D eigenvalue weighted by atomic mass is 9.91. The summed E-state index contributed by atoms with van der Waals surface area (Å²) in [5.41, 5.74) is 3.26. The molecule has 6 heteroatoms. The van der Waals surface area contributed by atoms with Crippen molar-refractivity contribution in [3.05, 3.63) is 65.2 Å². The molecule has 0 spiro atoms. The van der Waals surface area contributed by atoms with Crippen LogP contribution in [0.2, 0.25) is 0 Å². The fourth-order valence-electron chi connectivity index (χ4n) is 4.25. The summed E-state index contributed by atoms with van der Waals surface area (Å²) < 4.78 is 5.95. The first-order valence-electron chi connectivity index (χ1n) is 10.5. The van der Waals surface area contributed by atoms with Gasteiger partial charge in [-0.15, -0.1) is 24.8 Å². The minimum atomic E-state index is 0. The molecule has 2 aromatic rings. The Morgan fingerprint density at radius 3 is 2.60 bits per heavy atom. The molecular formula is C24H32Cl2N2O2. The molecule has 0 saturated carbocycles. The number of ketones is 1. The number of piperidine rings is 1. The fraction of sp³-hybridized carbons (Fsp3) is 0.458. The van der Waals surface area contributed by atoms with Crippen molar-refractivity contribution in [1.82, 2.24) is 10.2 Å². The molecule has 164 valence electrons. The molecule has 2 aliphatic heterocycles. The Kier molecular flexibility index (Phi) is 10.1. The van der Waals surface area contributed by atoms with E-state index in [0.717, 1.165) is 56.0 Å². The normalized spacial score (nSPS) is 16.9. The molecule has 0 bridgehead atoms. The van der Waals surface area contributed by atoms with Crippen LogP contribution in [0.5, 0.6) is 5.75 Å². The van der Waals surface area contributed by atoms with E-state index in [1.54, 1.807) is 0 Å². The van der Waals surface area contributed by atoms with Crippen molar-refractivity contribution < 1.29 is 9.53 Å². The van der Waals surface area contributed by atoms with Crippen LogP contribution in [0.1, 0.15) is 47.2 Å². The van der Waals surface area contributed by atoms with Crippen LogP contribution in [-0.2, 0) is 13.1 Å². The van der Waals surface area contributed by atoms with Gasteiger partial charge in [0.05, 0.1) is 0 Å². The Labute approximate surface area is 192 Å². The van der Waals surface area contributed by atoms with E-state index < -0.39 is 0 Å². The average Bonchev–Trinajstić information content (AvgIpc) is 2.94.